The summed E-state index contributed by atoms with van der Waals surface area (Å²) in [5.74, 6) is 0.149. The van der Waals surface area contributed by atoms with E-state index in [-0.39, 0.29) is 5.91 Å². The predicted octanol–water partition coefficient (Wildman–Crippen LogP) is 1.87. The Hall–Kier alpha value is -1.10. The van der Waals surface area contributed by atoms with E-state index in [2.05, 4.69) is 17.0 Å². The number of nitrogens with two attached hydrogens (primary N) is 1. The molecule has 5 heteroatoms. The lowest BCUT2D eigenvalue weighted by molar-refractivity contribution is -0.133. The van der Waals surface area contributed by atoms with Gasteiger partial charge in [0.2, 0.25) is 5.91 Å². The van der Waals surface area contributed by atoms with E-state index in [1.807, 2.05) is 17.0 Å². The number of carbonyl (C=O) groups excluding carboxylic acids is 1. The molecule has 1 aromatic rings. The second-order valence-electron chi connectivity index (χ2n) is 6.20. The number of hydrogen-bond donors (Lipinski definition) is 1. The fourth-order valence-electron chi connectivity index (χ4n) is 2.84. The van der Waals surface area contributed by atoms with Crippen LogP contribution in [0.3, 0.4) is 0 Å². The van der Waals surface area contributed by atoms with Gasteiger partial charge in [0.25, 0.3) is 0 Å². The highest BCUT2D eigenvalue weighted by Gasteiger charge is 2.48. The predicted molar refractivity (Wildman–Crippen MR) is 84.1 cm³/mol. The lowest BCUT2D eigenvalue weighted by Gasteiger charge is -2.24. The average molecular weight is 308 g/mol. The van der Waals surface area contributed by atoms with E-state index < -0.39 is 5.54 Å². The minimum atomic E-state index is -0.536. The van der Waals surface area contributed by atoms with Gasteiger partial charge >= 0.3 is 0 Å². The lowest BCUT2D eigenvalue weighted by Crippen LogP contribution is -2.47. The third-order valence-electron chi connectivity index (χ3n) is 4.41. The molecule has 1 aliphatic carbocycles. The van der Waals surface area contributed by atoms with Gasteiger partial charge in [-0.15, -0.1) is 0 Å². The minimum Gasteiger partial charge on any atom is -0.340 e. The molecule has 1 aliphatic heterocycles. The number of benzene rings is 1. The molecule has 2 N–H and O–H groups in total. The van der Waals surface area contributed by atoms with Crippen molar-refractivity contribution in [2.75, 3.05) is 26.2 Å². The lowest BCUT2D eigenvalue weighted by atomic mass is 10.2. The van der Waals surface area contributed by atoms with Crippen LogP contribution < -0.4 is 5.73 Å². The zero-order valence-corrected chi connectivity index (χ0v) is 13.0. The van der Waals surface area contributed by atoms with Crippen LogP contribution in [0.25, 0.3) is 0 Å². The van der Waals surface area contributed by atoms with Gasteiger partial charge in [0.05, 0.1) is 5.54 Å². The molecule has 1 heterocycles. The Morgan fingerprint density at radius 3 is 2.52 bits per heavy atom. The standard InChI is InChI=1S/C16H22ClN3O/c17-14-4-2-13(3-5-14)12-19-8-1-9-20(11-10-19)15(21)16(18)6-7-16/h2-5H,1,6-12,18H2. The molecule has 0 radical (unpaired) electrons. The first-order chi connectivity index (χ1) is 10.1. The van der Waals surface area contributed by atoms with Crippen LogP contribution in [0.4, 0.5) is 0 Å². The van der Waals surface area contributed by atoms with Crippen LogP contribution >= 0.6 is 11.6 Å². The summed E-state index contributed by atoms with van der Waals surface area (Å²) < 4.78 is 0. The van der Waals surface area contributed by atoms with Gasteiger partial charge in [0.15, 0.2) is 0 Å². The third-order valence-corrected chi connectivity index (χ3v) is 4.66. The average Bonchev–Trinajstić information content (AvgIpc) is 3.25. The monoisotopic (exact) mass is 307 g/mol. The van der Waals surface area contributed by atoms with Crippen LogP contribution in [0, 0.1) is 0 Å². The molecule has 114 valence electrons. The quantitative estimate of drug-likeness (QED) is 0.927. The number of amides is 1. The smallest absolute Gasteiger partial charge is 0.242 e. The molecule has 0 spiro atoms. The zero-order valence-electron chi connectivity index (χ0n) is 12.2. The highest BCUT2D eigenvalue weighted by atomic mass is 35.5. The van der Waals surface area contributed by atoms with Crippen molar-refractivity contribution in [2.45, 2.75) is 31.3 Å². The van der Waals surface area contributed by atoms with E-state index in [1.165, 1.54) is 5.56 Å². The van der Waals surface area contributed by atoms with Gasteiger partial charge < -0.3 is 10.6 Å². The molecular weight excluding hydrogens is 286 g/mol. The van der Waals surface area contributed by atoms with Gasteiger partial charge in [-0.05, 0) is 37.0 Å². The Morgan fingerprint density at radius 2 is 1.86 bits per heavy atom. The first kappa shape index (κ1) is 14.8. The maximum Gasteiger partial charge on any atom is 0.242 e. The van der Waals surface area contributed by atoms with Gasteiger partial charge in [-0.25, -0.2) is 0 Å². The van der Waals surface area contributed by atoms with E-state index >= 15 is 0 Å². The zero-order chi connectivity index (χ0) is 14.9. The molecule has 3 rings (SSSR count). The fraction of sp³-hybridized carbons (Fsp3) is 0.562. The van der Waals surface area contributed by atoms with Crippen molar-refractivity contribution in [1.82, 2.24) is 9.80 Å². The topological polar surface area (TPSA) is 49.6 Å². The molecule has 21 heavy (non-hydrogen) atoms. The second-order valence-corrected chi connectivity index (χ2v) is 6.64. The van der Waals surface area contributed by atoms with Crippen molar-refractivity contribution < 1.29 is 4.79 Å². The Bertz CT molecular complexity index is 513. The molecule has 2 fully saturated rings. The molecule has 0 aromatic heterocycles. The largest absolute Gasteiger partial charge is 0.340 e. The van der Waals surface area contributed by atoms with Gasteiger partial charge in [-0.1, -0.05) is 23.7 Å². The Kier molecular flexibility index (Phi) is 4.20. The molecule has 1 saturated heterocycles. The summed E-state index contributed by atoms with van der Waals surface area (Å²) in [5.41, 5.74) is 6.75. The van der Waals surface area contributed by atoms with Gasteiger partial charge in [-0.3, -0.25) is 9.69 Å². The number of halogens is 1. The molecule has 0 unspecified atom stereocenters. The van der Waals surface area contributed by atoms with Crippen LogP contribution in [0.15, 0.2) is 24.3 Å². The van der Waals surface area contributed by atoms with E-state index in [9.17, 15) is 4.79 Å². The van der Waals surface area contributed by atoms with Crippen LogP contribution in [0.1, 0.15) is 24.8 Å². The van der Waals surface area contributed by atoms with Gasteiger partial charge in [0.1, 0.15) is 0 Å². The van der Waals surface area contributed by atoms with Crippen molar-refractivity contribution >= 4 is 17.5 Å². The summed E-state index contributed by atoms with van der Waals surface area (Å²) in [7, 11) is 0. The van der Waals surface area contributed by atoms with Crippen molar-refractivity contribution in [1.29, 1.82) is 0 Å². The first-order valence-electron chi connectivity index (χ1n) is 7.62. The maximum atomic E-state index is 12.3. The van der Waals surface area contributed by atoms with E-state index in [0.29, 0.717) is 0 Å². The van der Waals surface area contributed by atoms with Crippen molar-refractivity contribution in [3.05, 3.63) is 34.9 Å². The molecule has 0 bridgehead atoms. The Morgan fingerprint density at radius 1 is 1.14 bits per heavy atom. The molecular formula is C16H22ClN3O. The molecule has 1 amide bonds. The van der Waals surface area contributed by atoms with Crippen molar-refractivity contribution in [3.63, 3.8) is 0 Å². The fourth-order valence-corrected chi connectivity index (χ4v) is 2.97. The Balaban J connectivity index is 1.55. The Labute approximate surface area is 130 Å². The van der Waals surface area contributed by atoms with Crippen LogP contribution in [-0.4, -0.2) is 47.4 Å². The molecule has 1 saturated carbocycles. The van der Waals surface area contributed by atoms with Crippen LogP contribution in [0.5, 0.6) is 0 Å². The van der Waals surface area contributed by atoms with Gasteiger partial charge in [-0.2, -0.15) is 0 Å². The van der Waals surface area contributed by atoms with Crippen molar-refractivity contribution in [2.24, 2.45) is 5.73 Å². The summed E-state index contributed by atoms with van der Waals surface area (Å²) in [4.78, 5) is 16.7. The van der Waals surface area contributed by atoms with Crippen molar-refractivity contribution in [3.8, 4) is 0 Å². The number of hydrogen-bond acceptors (Lipinski definition) is 3. The SMILES string of the molecule is NC1(C(=O)N2CCCN(Cc3ccc(Cl)cc3)CC2)CC1. The summed E-state index contributed by atoms with van der Waals surface area (Å²) in [6.45, 7) is 4.45. The van der Waals surface area contributed by atoms with E-state index in [1.54, 1.807) is 0 Å². The van der Waals surface area contributed by atoms with Gasteiger partial charge in [0, 0.05) is 37.7 Å². The summed E-state index contributed by atoms with van der Waals surface area (Å²) in [6, 6.07) is 7.98. The summed E-state index contributed by atoms with van der Waals surface area (Å²) in [6.07, 6.45) is 2.70. The second kappa shape index (κ2) is 5.95. The molecule has 0 atom stereocenters. The molecule has 2 aliphatic rings. The van der Waals surface area contributed by atoms with E-state index in [4.69, 9.17) is 17.3 Å². The number of rotatable bonds is 3. The highest BCUT2D eigenvalue weighted by Crippen LogP contribution is 2.34. The normalized spacial score (nSPS) is 21.9. The molecule has 4 nitrogen and oxygen atoms in total. The van der Waals surface area contributed by atoms with E-state index in [0.717, 1.165) is 57.0 Å². The van der Waals surface area contributed by atoms with Crippen LogP contribution in [-0.2, 0) is 11.3 Å². The summed E-state index contributed by atoms with van der Waals surface area (Å²) in [5, 5.41) is 0.768. The highest BCUT2D eigenvalue weighted by molar-refractivity contribution is 6.30. The summed E-state index contributed by atoms with van der Waals surface area (Å²) >= 11 is 5.91. The number of carbonyl (C=O) groups is 1. The third kappa shape index (κ3) is 3.57. The number of nitrogens with zero attached hydrogens (tertiary/aromatic N) is 2. The minimum absolute atomic E-state index is 0.149. The van der Waals surface area contributed by atoms with Crippen LogP contribution in [0.2, 0.25) is 5.02 Å². The molecule has 1 aromatic carbocycles. The maximum absolute atomic E-state index is 12.3. The first-order valence-corrected chi connectivity index (χ1v) is 8.00.